The molecule has 1 heterocycles. The number of hydrogen-bond donors (Lipinski definition) is 3. The molecule has 0 spiro atoms. The second-order valence-corrected chi connectivity index (χ2v) is 4.13. The summed E-state index contributed by atoms with van der Waals surface area (Å²) in [5.41, 5.74) is 4.90. The molecule has 0 bridgehead atoms. The molecule has 0 aliphatic heterocycles. The van der Waals surface area contributed by atoms with Gasteiger partial charge in [-0.15, -0.1) is 11.3 Å². The minimum atomic E-state index is -0.494. The fourth-order valence-corrected chi connectivity index (χ4v) is 1.97. The van der Waals surface area contributed by atoms with Crippen molar-refractivity contribution in [1.82, 2.24) is 10.6 Å². The molecule has 14 heavy (non-hydrogen) atoms. The minimum absolute atomic E-state index is 0.494. The van der Waals surface area contributed by atoms with Crippen LogP contribution >= 0.6 is 22.9 Å². The maximum atomic E-state index is 10.3. The van der Waals surface area contributed by atoms with Crippen LogP contribution in [0.25, 0.3) is 0 Å². The van der Waals surface area contributed by atoms with Crippen molar-refractivity contribution in [3.8, 4) is 0 Å². The van der Waals surface area contributed by atoms with Crippen LogP contribution in [0.2, 0.25) is 5.02 Å². The quantitative estimate of drug-likeness (QED) is 0.669. The van der Waals surface area contributed by atoms with E-state index in [1.165, 1.54) is 4.88 Å². The average Bonchev–Trinajstić information content (AvgIpc) is 2.50. The van der Waals surface area contributed by atoms with Crippen LogP contribution in [0.5, 0.6) is 0 Å². The predicted octanol–water partition coefficient (Wildman–Crippen LogP) is 1.16. The monoisotopic (exact) mass is 233 g/mol. The molecule has 4 nitrogen and oxygen atoms in total. The van der Waals surface area contributed by atoms with Crippen LogP contribution in [0, 0.1) is 0 Å². The van der Waals surface area contributed by atoms with Gasteiger partial charge in [0.2, 0.25) is 0 Å². The van der Waals surface area contributed by atoms with Gasteiger partial charge in [-0.05, 0) is 6.07 Å². The topological polar surface area (TPSA) is 67.2 Å². The summed E-state index contributed by atoms with van der Waals surface area (Å²) in [6.07, 6.45) is 0. The second kappa shape index (κ2) is 5.85. The van der Waals surface area contributed by atoms with Crippen LogP contribution in [-0.4, -0.2) is 19.1 Å². The van der Waals surface area contributed by atoms with E-state index in [9.17, 15) is 4.79 Å². The molecule has 0 saturated carbocycles. The van der Waals surface area contributed by atoms with Gasteiger partial charge in [0.1, 0.15) is 0 Å². The third-order valence-corrected chi connectivity index (χ3v) is 2.81. The largest absolute Gasteiger partial charge is 0.352 e. The zero-order chi connectivity index (χ0) is 10.4. The first-order chi connectivity index (χ1) is 6.68. The van der Waals surface area contributed by atoms with Crippen LogP contribution in [-0.2, 0) is 6.54 Å². The molecule has 0 aromatic carbocycles. The van der Waals surface area contributed by atoms with Gasteiger partial charge < -0.3 is 16.4 Å². The number of primary amides is 1. The molecular weight excluding hydrogens is 222 g/mol. The van der Waals surface area contributed by atoms with E-state index in [0.717, 1.165) is 11.6 Å². The Balaban J connectivity index is 2.07. The van der Waals surface area contributed by atoms with E-state index in [1.54, 1.807) is 11.3 Å². The third kappa shape index (κ3) is 4.45. The highest BCUT2D eigenvalue weighted by atomic mass is 35.5. The Hall–Kier alpha value is -0.780. The standard InChI is InChI=1S/C8H12ClN3OS/c9-6-3-7(14-5-6)4-11-1-2-12-8(10)13/h3,5,11H,1-2,4H2,(H3,10,12,13). The lowest BCUT2D eigenvalue weighted by Gasteiger charge is -2.02. The number of nitrogens with one attached hydrogen (secondary N) is 2. The highest BCUT2D eigenvalue weighted by Crippen LogP contribution is 2.18. The van der Waals surface area contributed by atoms with Crippen molar-refractivity contribution >= 4 is 29.0 Å². The first-order valence-electron chi connectivity index (χ1n) is 4.15. The van der Waals surface area contributed by atoms with E-state index < -0.39 is 6.03 Å². The van der Waals surface area contributed by atoms with E-state index in [4.69, 9.17) is 17.3 Å². The summed E-state index contributed by atoms with van der Waals surface area (Å²) in [6.45, 7) is 1.99. The Morgan fingerprint density at radius 2 is 2.36 bits per heavy atom. The van der Waals surface area contributed by atoms with Crippen molar-refractivity contribution in [2.75, 3.05) is 13.1 Å². The smallest absolute Gasteiger partial charge is 0.312 e. The number of nitrogens with two attached hydrogens (primary N) is 1. The molecule has 6 heteroatoms. The maximum absolute atomic E-state index is 10.3. The number of carbonyl (C=O) groups excluding carboxylic acids is 1. The van der Waals surface area contributed by atoms with Gasteiger partial charge in [-0.3, -0.25) is 0 Å². The van der Waals surface area contributed by atoms with E-state index in [2.05, 4.69) is 10.6 Å². The Labute approximate surface area is 91.4 Å². The number of halogens is 1. The molecule has 0 saturated heterocycles. The van der Waals surface area contributed by atoms with Crippen molar-refractivity contribution in [3.63, 3.8) is 0 Å². The SMILES string of the molecule is NC(=O)NCCNCc1cc(Cl)cs1. The summed E-state index contributed by atoms with van der Waals surface area (Å²) in [6, 6.07) is 1.42. The van der Waals surface area contributed by atoms with Crippen molar-refractivity contribution in [3.05, 3.63) is 21.3 Å². The number of thiophene rings is 1. The molecule has 0 unspecified atom stereocenters. The van der Waals surface area contributed by atoms with Crippen LogP contribution in [0.3, 0.4) is 0 Å². The molecule has 0 aliphatic carbocycles. The van der Waals surface area contributed by atoms with E-state index in [0.29, 0.717) is 13.1 Å². The van der Waals surface area contributed by atoms with Gasteiger partial charge in [0.15, 0.2) is 0 Å². The highest BCUT2D eigenvalue weighted by molar-refractivity contribution is 7.10. The van der Waals surface area contributed by atoms with E-state index >= 15 is 0 Å². The van der Waals surface area contributed by atoms with Gasteiger partial charge in [0, 0.05) is 29.9 Å². The van der Waals surface area contributed by atoms with Crippen LogP contribution in [0.4, 0.5) is 4.79 Å². The van der Waals surface area contributed by atoms with E-state index in [1.807, 2.05) is 11.4 Å². The van der Waals surface area contributed by atoms with E-state index in [-0.39, 0.29) is 0 Å². The first kappa shape index (κ1) is 11.3. The second-order valence-electron chi connectivity index (χ2n) is 2.70. The van der Waals surface area contributed by atoms with Gasteiger partial charge in [0.05, 0.1) is 5.02 Å². The zero-order valence-corrected chi connectivity index (χ0v) is 9.12. The van der Waals surface area contributed by atoms with Crippen molar-refractivity contribution in [1.29, 1.82) is 0 Å². The molecule has 1 aromatic heterocycles. The van der Waals surface area contributed by atoms with Gasteiger partial charge in [-0.2, -0.15) is 0 Å². The molecule has 0 atom stereocenters. The summed E-state index contributed by atoms with van der Waals surface area (Å²) in [7, 11) is 0. The molecular formula is C8H12ClN3OS. The zero-order valence-electron chi connectivity index (χ0n) is 7.55. The normalized spacial score (nSPS) is 10.1. The van der Waals surface area contributed by atoms with Crippen LogP contribution < -0.4 is 16.4 Å². The molecule has 1 rings (SSSR count). The summed E-state index contributed by atoms with van der Waals surface area (Å²) < 4.78 is 0. The Bertz CT molecular complexity index is 303. The lowest BCUT2D eigenvalue weighted by atomic mass is 10.4. The van der Waals surface area contributed by atoms with Crippen molar-refractivity contribution < 1.29 is 4.79 Å². The molecule has 4 N–H and O–H groups in total. The highest BCUT2D eigenvalue weighted by Gasteiger charge is 1.96. The molecule has 2 amide bonds. The number of urea groups is 1. The number of amides is 2. The Kier molecular flexibility index (Phi) is 4.72. The lowest BCUT2D eigenvalue weighted by molar-refractivity contribution is 0.249. The first-order valence-corrected chi connectivity index (χ1v) is 5.41. The van der Waals surface area contributed by atoms with Crippen molar-refractivity contribution in [2.24, 2.45) is 5.73 Å². The van der Waals surface area contributed by atoms with Crippen molar-refractivity contribution in [2.45, 2.75) is 6.54 Å². The lowest BCUT2D eigenvalue weighted by Crippen LogP contribution is -2.35. The fraction of sp³-hybridized carbons (Fsp3) is 0.375. The third-order valence-electron chi connectivity index (χ3n) is 1.52. The predicted molar refractivity (Wildman–Crippen MR) is 58.6 cm³/mol. The van der Waals surface area contributed by atoms with Gasteiger partial charge >= 0.3 is 6.03 Å². The number of hydrogen-bond acceptors (Lipinski definition) is 3. The van der Waals surface area contributed by atoms with Gasteiger partial charge in [-0.25, -0.2) is 4.79 Å². The molecule has 0 fully saturated rings. The summed E-state index contributed by atoms with van der Waals surface area (Å²) in [4.78, 5) is 11.5. The summed E-state index contributed by atoms with van der Waals surface area (Å²) in [5.74, 6) is 0. The minimum Gasteiger partial charge on any atom is -0.352 e. The number of rotatable bonds is 5. The van der Waals surface area contributed by atoms with Gasteiger partial charge in [-0.1, -0.05) is 11.6 Å². The fourth-order valence-electron chi connectivity index (χ4n) is 0.932. The molecule has 0 aliphatic rings. The molecule has 78 valence electrons. The summed E-state index contributed by atoms with van der Waals surface area (Å²) in [5, 5.41) is 8.30. The molecule has 1 aromatic rings. The molecule has 0 radical (unpaired) electrons. The average molecular weight is 234 g/mol. The van der Waals surface area contributed by atoms with Gasteiger partial charge in [0.25, 0.3) is 0 Å². The summed E-state index contributed by atoms with van der Waals surface area (Å²) >= 11 is 7.36. The van der Waals surface area contributed by atoms with Crippen LogP contribution in [0.15, 0.2) is 11.4 Å². The Morgan fingerprint density at radius 1 is 1.57 bits per heavy atom. The number of carbonyl (C=O) groups is 1. The maximum Gasteiger partial charge on any atom is 0.312 e. The Morgan fingerprint density at radius 3 is 2.93 bits per heavy atom. The van der Waals surface area contributed by atoms with Crippen LogP contribution in [0.1, 0.15) is 4.88 Å².